The summed E-state index contributed by atoms with van der Waals surface area (Å²) in [6.45, 7) is 2.40. The predicted octanol–water partition coefficient (Wildman–Crippen LogP) is -2.05. The average Bonchev–Trinajstić information content (AvgIpc) is 1.41. The van der Waals surface area contributed by atoms with Crippen molar-refractivity contribution in [2.24, 2.45) is 0 Å². The first-order chi connectivity index (χ1) is 2.41. The van der Waals surface area contributed by atoms with Crippen LogP contribution in [0.3, 0.4) is 0 Å². The van der Waals surface area contributed by atoms with Gasteiger partial charge in [0.05, 0.1) is 0 Å². The van der Waals surface area contributed by atoms with E-state index < -0.39 is 0 Å². The molecule has 0 saturated carbocycles. The number of aliphatic hydroxyl groups is 1. The Labute approximate surface area is 92.8 Å². The molecule has 0 aliphatic heterocycles. The molecule has 0 radical (unpaired) electrons. The Morgan fingerprint density at radius 1 is 1.57 bits per heavy atom. The smallest absolute Gasteiger partial charge is 1.00 e. The van der Waals surface area contributed by atoms with Crippen molar-refractivity contribution in [3.05, 3.63) is 0 Å². The van der Waals surface area contributed by atoms with Gasteiger partial charge < -0.3 is 6.53 Å². The van der Waals surface area contributed by atoms with Gasteiger partial charge in [0, 0.05) is 6.61 Å². The minimum absolute atomic E-state index is 0. The van der Waals surface area contributed by atoms with Crippen molar-refractivity contribution in [2.45, 2.75) is 19.8 Å². The number of unbranched alkanes of at least 4 members (excludes halogenated alkanes) is 1. The van der Waals surface area contributed by atoms with Crippen LogP contribution in [-0.4, -0.2) is 11.7 Å². The monoisotopic (exact) mass is 148 g/mol. The second-order valence-corrected chi connectivity index (χ2v) is 1.08. The largest absolute Gasteiger partial charge is 1.00 e. The number of aliphatic hydroxyl groups excluding tert-OH is 1. The van der Waals surface area contributed by atoms with Gasteiger partial charge >= 0.3 is 51.4 Å². The Kier molecular flexibility index (Phi) is 35.9. The van der Waals surface area contributed by atoms with Crippen molar-refractivity contribution in [3.8, 4) is 0 Å². The minimum atomic E-state index is 0. The maximum absolute atomic E-state index is 8.07. The fourth-order valence-corrected chi connectivity index (χ4v) is 0.158. The van der Waals surface area contributed by atoms with Crippen LogP contribution in [0.4, 0.5) is 0 Å². The van der Waals surface area contributed by atoms with Gasteiger partial charge in [-0.2, -0.15) is 9.90 Å². The summed E-state index contributed by atoms with van der Waals surface area (Å²) < 4.78 is 0. The number of rotatable bonds is 2. The van der Waals surface area contributed by atoms with Crippen LogP contribution in [-0.2, 0) is 0 Å². The van der Waals surface area contributed by atoms with Crippen LogP contribution in [0.25, 0.3) is 0 Å². The first kappa shape index (κ1) is 16.0. The Morgan fingerprint density at radius 3 is 2.00 bits per heavy atom. The van der Waals surface area contributed by atoms with E-state index in [1.807, 2.05) is 0 Å². The van der Waals surface area contributed by atoms with Crippen molar-refractivity contribution >= 4 is 9.90 Å². The van der Waals surface area contributed by atoms with Gasteiger partial charge in [0.25, 0.3) is 0 Å². The normalized spacial score (nSPS) is 6.00. The second-order valence-electron chi connectivity index (χ2n) is 1.08. The average molecular weight is 148 g/mol. The molecule has 1 nitrogen and oxygen atoms in total. The Bertz CT molecular complexity index is 23.5. The second kappa shape index (κ2) is 15.7. The molecule has 0 rings (SSSR count). The van der Waals surface area contributed by atoms with Crippen molar-refractivity contribution in [1.29, 1.82) is 0 Å². The van der Waals surface area contributed by atoms with Gasteiger partial charge in [-0.25, -0.2) is 0 Å². The molecule has 1 N–H and O–H groups in total. The molecular weight excluding hydrogens is 134 g/mol. The van der Waals surface area contributed by atoms with E-state index >= 15 is 0 Å². The van der Waals surface area contributed by atoms with E-state index in [1.54, 1.807) is 0 Å². The molecule has 0 saturated heterocycles. The maximum Gasteiger partial charge on any atom is 1.00 e. The molecule has 7 heavy (non-hydrogen) atoms. The summed E-state index contributed by atoms with van der Waals surface area (Å²) in [5.74, 6) is 0. The third-order valence-electron chi connectivity index (χ3n) is 0.512. The summed E-state index contributed by atoms with van der Waals surface area (Å²) in [5.41, 5.74) is 0. The van der Waals surface area contributed by atoms with Crippen molar-refractivity contribution in [3.63, 3.8) is 0 Å². The third-order valence-corrected chi connectivity index (χ3v) is 0.512. The van der Waals surface area contributed by atoms with Crippen LogP contribution >= 0.6 is 9.90 Å². The van der Waals surface area contributed by atoms with Gasteiger partial charge in [0.1, 0.15) is 0 Å². The molecule has 0 aliphatic carbocycles. The molecule has 0 heterocycles. The minimum Gasteiger partial charge on any atom is -1.00 e. The third kappa shape index (κ3) is 18.0. The molecule has 42 valence electrons. The molecule has 1 unspecified atom stereocenters. The first-order valence-corrected chi connectivity index (χ1v) is 2.02. The van der Waals surface area contributed by atoms with Crippen LogP contribution in [0.1, 0.15) is 21.2 Å². The Balaban J connectivity index is -0.0000000267. The molecule has 0 aromatic rings. The molecular formula is C4H14KOP. The maximum atomic E-state index is 8.07. The fraction of sp³-hybridized carbons (Fsp3) is 1.00. The quantitative estimate of drug-likeness (QED) is 0.353. The van der Waals surface area contributed by atoms with Crippen molar-refractivity contribution < 1.29 is 57.9 Å². The standard InChI is InChI=1S/C4H10O.K.H3P.H/c1-2-3-4-5;;;/h5H,2-4H2,1H3;;1H3;/q;+1;;-1. The summed E-state index contributed by atoms with van der Waals surface area (Å²) in [4.78, 5) is 0. The summed E-state index contributed by atoms with van der Waals surface area (Å²) in [6, 6.07) is 0. The Morgan fingerprint density at radius 2 is 2.00 bits per heavy atom. The van der Waals surface area contributed by atoms with Gasteiger partial charge in [-0.05, 0) is 6.42 Å². The van der Waals surface area contributed by atoms with Crippen LogP contribution < -0.4 is 51.4 Å². The first-order valence-electron chi connectivity index (χ1n) is 2.02. The van der Waals surface area contributed by atoms with E-state index in [0.717, 1.165) is 12.8 Å². The number of hydrogen-bond donors (Lipinski definition) is 1. The molecule has 0 bridgehead atoms. The molecule has 1 atom stereocenters. The molecule has 0 spiro atoms. The van der Waals surface area contributed by atoms with Crippen molar-refractivity contribution in [2.75, 3.05) is 6.61 Å². The predicted molar refractivity (Wildman–Crippen MR) is 34.2 cm³/mol. The van der Waals surface area contributed by atoms with Gasteiger partial charge in [-0.3, -0.25) is 0 Å². The molecule has 0 amide bonds. The van der Waals surface area contributed by atoms with Crippen LogP contribution in [0, 0.1) is 0 Å². The van der Waals surface area contributed by atoms with E-state index in [4.69, 9.17) is 5.11 Å². The SMILES string of the molecule is CCCCO.P.[H-].[K+]. The zero-order chi connectivity index (χ0) is 4.12. The van der Waals surface area contributed by atoms with Crippen LogP contribution in [0.15, 0.2) is 0 Å². The summed E-state index contributed by atoms with van der Waals surface area (Å²) in [7, 11) is 0. The molecule has 0 aliphatic rings. The topological polar surface area (TPSA) is 20.2 Å². The van der Waals surface area contributed by atoms with Gasteiger partial charge in [-0.1, -0.05) is 13.3 Å². The van der Waals surface area contributed by atoms with E-state index in [9.17, 15) is 0 Å². The van der Waals surface area contributed by atoms with Crippen LogP contribution in [0.2, 0.25) is 0 Å². The fourth-order valence-electron chi connectivity index (χ4n) is 0.158. The van der Waals surface area contributed by atoms with Gasteiger partial charge in [0.15, 0.2) is 0 Å². The van der Waals surface area contributed by atoms with E-state index in [1.165, 1.54) is 0 Å². The summed E-state index contributed by atoms with van der Waals surface area (Å²) in [5, 5.41) is 8.07. The van der Waals surface area contributed by atoms with E-state index in [2.05, 4.69) is 6.92 Å². The van der Waals surface area contributed by atoms with E-state index in [-0.39, 0.29) is 62.7 Å². The zero-order valence-corrected chi connectivity index (χ0v) is 9.81. The van der Waals surface area contributed by atoms with Crippen molar-refractivity contribution in [1.82, 2.24) is 0 Å². The summed E-state index contributed by atoms with van der Waals surface area (Å²) >= 11 is 0. The number of hydrogen-bond acceptors (Lipinski definition) is 1. The molecule has 0 aromatic carbocycles. The Hall–Kier alpha value is 2.03. The van der Waals surface area contributed by atoms with Gasteiger partial charge in [0.2, 0.25) is 0 Å². The molecule has 0 fully saturated rings. The van der Waals surface area contributed by atoms with Gasteiger partial charge in [-0.15, -0.1) is 0 Å². The summed E-state index contributed by atoms with van der Waals surface area (Å²) in [6.07, 6.45) is 2.04. The zero-order valence-electron chi connectivity index (χ0n) is 6.28. The molecule has 0 aromatic heterocycles. The molecule has 3 heteroatoms. The van der Waals surface area contributed by atoms with Crippen LogP contribution in [0.5, 0.6) is 0 Å². The van der Waals surface area contributed by atoms with E-state index in [0.29, 0.717) is 6.61 Å².